The zero-order chi connectivity index (χ0) is 9.68. The summed E-state index contributed by atoms with van der Waals surface area (Å²) in [6.07, 6.45) is -0.450. The van der Waals surface area contributed by atoms with Crippen molar-refractivity contribution in [1.82, 2.24) is 0 Å². The second-order valence-electron chi connectivity index (χ2n) is 2.25. The van der Waals surface area contributed by atoms with Crippen LogP contribution in [-0.4, -0.2) is 12.7 Å². The number of anilines is 1. The van der Waals surface area contributed by atoms with Crippen LogP contribution in [0.2, 0.25) is 0 Å². The van der Waals surface area contributed by atoms with Crippen LogP contribution >= 0.6 is 15.9 Å². The van der Waals surface area contributed by atoms with Gasteiger partial charge in [-0.3, -0.25) is 5.32 Å². The smallest absolute Gasteiger partial charge is 0.411 e. The van der Waals surface area contributed by atoms with Gasteiger partial charge in [0.05, 0.1) is 12.3 Å². The lowest BCUT2D eigenvalue weighted by atomic mass is 10.3. The van der Waals surface area contributed by atoms with Crippen LogP contribution in [0.4, 0.5) is 10.5 Å². The Morgan fingerprint density at radius 1 is 1.77 bits per heavy atom. The van der Waals surface area contributed by atoms with Crippen LogP contribution in [0.1, 0.15) is 6.92 Å². The molecule has 0 saturated carbocycles. The average molecular weight is 243 g/mol. The highest BCUT2D eigenvalue weighted by molar-refractivity contribution is 9.10. The number of hydrogen-bond acceptors (Lipinski definition) is 2. The molecule has 0 saturated heterocycles. The van der Waals surface area contributed by atoms with Crippen LogP contribution in [-0.2, 0) is 4.74 Å². The summed E-state index contributed by atoms with van der Waals surface area (Å²) in [7, 11) is 0. The number of rotatable bonds is 2. The molecule has 13 heavy (non-hydrogen) atoms. The number of halogens is 1. The molecule has 0 aromatic heterocycles. The molecule has 0 aliphatic carbocycles. The number of carbonyl (C=O) groups is 1. The molecule has 1 N–H and O–H groups in total. The van der Waals surface area contributed by atoms with Crippen molar-refractivity contribution < 1.29 is 9.53 Å². The Kier molecular flexibility index (Phi) is 3.76. The Balaban J connectivity index is 2.63. The maximum Gasteiger partial charge on any atom is 0.411 e. The molecule has 4 heteroatoms. The van der Waals surface area contributed by atoms with E-state index in [4.69, 9.17) is 4.74 Å². The number of hydrogen-bond donors (Lipinski definition) is 1. The van der Waals surface area contributed by atoms with Crippen LogP contribution in [0.25, 0.3) is 0 Å². The van der Waals surface area contributed by atoms with E-state index in [1.165, 1.54) is 0 Å². The molecular formula is C9H9BrNO2. The molecule has 0 atom stereocenters. The molecular weight excluding hydrogens is 234 g/mol. The van der Waals surface area contributed by atoms with Gasteiger partial charge in [-0.1, -0.05) is 6.07 Å². The monoisotopic (exact) mass is 242 g/mol. The third kappa shape index (κ3) is 3.06. The lowest BCUT2D eigenvalue weighted by Crippen LogP contribution is -2.13. The molecule has 3 nitrogen and oxygen atoms in total. The fourth-order valence-electron chi connectivity index (χ4n) is 0.789. The Labute approximate surface area is 85.2 Å². The van der Waals surface area contributed by atoms with Crippen molar-refractivity contribution in [2.24, 2.45) is 0 Å². The van der Waals surface area contributed by atoms with Gasteiger partial charge in [0, 0.05) is 4.47 Å². The van der Waals surface area contributed by atoms with Gasteiger partial charge in [0.2, 0.25) is 0 Å². The normalized spacial score (nSPS) is 9.38. The second kappa shape index (κ2) is 4.87. The van der Waals surface area contributed by atoms with Crippen LogP contribution in [0.15, 0.2) is 22.7 Å². The maximum absolute atomic E-state index is 11.0. The van der Waals surface area contributed by atoms with Crippen molar-refractivity contribution in [2.75, 3.05) is 11.9 Å². The van der Waals surface area contributed by atoms with Gasteiger partial charge in [0.1, 0.15) is 0 Å². The SMILES string of the molecule is CCOC(=O)Nc1cc[c]cc1Br. The summed E-state index contributed by atoms with van der Waals surface area (Å²) < 4.78 is 5.50. The molecule has 0 aliphatic rings. The van der Waals surface area contributed by atoms with E-state index in [-0.39, 0.29) is 0 Å². The van der Waals surface area contributed by atoms with Gasteiger partial charge in [-0.2, -0.15) is 0 Å². The maximum atomic E-state index is 11.0. The molecule has 0 spiro atoms. The minimum absolute atomic E-state index is 0.364. The first-order valence-electron chi connectivity index (χ1n) is 3.83. The summed E-state index contributed by atoms with van der Waals surface area (Å²) in [5.74, 6) is 0. The van der Waals surface area contributed by atoms with Gasteiger partial charge in [-0.25, -0.2) is 4.79 Å². The van der Waals surface area contributed by atoms with E-state index in [9.17, 15) is 4.79 Å². The molecule has 0 bridgehead atoms. The lowest BCUT2D eigenvalue weighted by Gasteiger charge is -2.05. The van der Waals surface area contributed by atoms with Crippen molar-refractivity contribution in [1.29, 1.82) is 0 Å². The molecule has 69 valence electrons. The first-order chi connectivity index (χ1) is 6.24. The summed E-state index contributed by atoms with van der Waals surface area (Å²) >= 11 is 3.27. The van der Waals surface area contributed by atoms with Crippen LogP contribution in [0.3, 0.4) is 0 Å². The highest BCUT2D eigenvalue weighted by atomic mass is 79.9. The van der Waals surface area contributed by atoms with Gasteiger partial charge in [0.15, 0.2) is 0 Å². The van der Waals surface area contributed by atoms with Crippen molar-refractivity contribution >= 4 is 27.7 Å². The van der Waals surface area contributed by atoms with E-state index in [1.54, 1.807) is 25.1 Å². The number of amides is 1. The number of ether oxygens (including phenoxy) is 1. The fourth-order valence-corrected chi connectivity index (χ4v) is 1.15. The van der Waals surface area contributed by atoms with E-state index in [0.717, 1.165) is 4.47 Å². The molecule has 1 rings (SSSR count). The summed E-state index contributed by atoms with van der Waals surface area (Å²) in [5.41, 5.74) is 0.678. The number of benzene rings is 1. The second-order valence-corrected chi connectivity index (χ2v) is 3.11. The topological polar surface area (TPSA) is 38.3 Å². The van der Waals surface area contributed by atoms with E-state index in [2.05, 4.69) is 27.3 Å². The third-order valence-electron chi connectivity index (χ3n) is 1.33. The molecule has 0 heterocycles. The molecule has 0 aliphatic heterocycles. The van der Waals surface area contributed by atoms with Crippen molar-refractivity contribution in [3.63, 3.8) is 0 Å². The van der Waals surface area contributed by atoms with Crippen LogP contribution < -0.4 is 5.32 Å². The van der Waals surface area contributed by atoms with Gasteiger partial charge in [0.25, 0.3) is 0 Å². The van der Waals surface area contributed by atoms with Crippen LogP contribution in [0.5, 0.6) is 0 Å². The quantitative estimate of drug-likeness (QED) is 0.867. The highest BCUT2D eigenvalue weighted by Crippen LogP contribution is 2.20. The summed E-state index contributed by atoms with van der Waals surface area (Å²) in [6, 6.07) is 8.04. The van der Waals surface area contributed by atoms with E-state index < -0.39 is 6.09 Å². The Hall–Kier alpha value is -1.03. The molecule has 0 unspecified atom stereocenters. The molecule has 1 amide bonds. The fraction of sp³-hybridized carbons (Fsp3) is 0.222. The first kappa shape index (κ1) is 10.1. The van der Waals surface area contributed by atoms with Crippen molar-refractivity contribution in [3.8, 4) is 0 Å². The predicted molar refractivity (Wildman–Crippen MR) is 53.6 cm³/mol. The van der Waals surface area contributed by atoms with Crippen molar-refractivity contribution in [2.45, 2.75) is 6.92 Å². The molecule has 1 aromatic rings. The van der Waals surface area contributed by atoms with E-state index in [0.29, 0.717) is 12.3 Å². The molecule has 1 aromatic carbocycles. The third-order valence-corrected chi connectivity index (χ3v) is 1.98. The minimum Gasteiger partial charge on any atom is -0.450 e. The minimum atomic E-state index is -0.450. The largest absolute Gasteiger partial charge is 0.450 e. The predicted octanol–water partition coefficient (Wildman–Crippen LogP) is 2.82. The average Bonchev–Trinajstić information content (AvgIpc) is 2.09. The highest BCUT2D eigenvalue weighted by Gasteiger charge is 2.03. The Morgan fingerprint density at radius 3 is 3.15 bits per heavy atom. The molecule has 1 radical (unpaired) electrons. The first-order valence-corrected chi connectivity index (χ1v) is 4.62. The van der Waals surface area contributed by atoms with Crippen LogP contribution in [0, 0.1) is 6.07 Å². The van der Waals surface area contributed by atoms with Gasteiger partial charge < -0.3 is 4.74 Å². The van der Waals surface area contributed by atoms with E-state index in [1.807, 2.05) is 0 Å². The summed E-state index contributed by atoms with van der Waals surface area (Å²) in [5, 5.41) is 2.58. The number of nitrogens with one attached hydrogen (secondary N) is 1. The Morgan fingerprint density at radius 2 is 2.54 bits per heavy atom. The standard InChI is InChI=1S/C9H9BrNO2/c1-2-13-9(12)11-8-6-4-3-5-7(8)10/h4-6H,2H2,1H3,(H,11,12). The van der Waals surface area contributed by atoms with Crippen molar-refractivity contribution in [3.05, 3.63) is 28.7 Å². The van der Waals surface area contributed by atoms with Gasteiger partial charge in [-0.15, -0.1) is 0 Å². The van der Waals surface area contributed by atoms with Gasteiger partial charge >= 0.3 is 6.09 Å². The lowest BCUT2D eigenvalue weighted by molar-refractivity contribution is 0.168. The number of carbonyl (C=O) groups excluding carboxylic acids is 1. The Bertz CT molecular complexity index is 301. The zero-order valence-electron chi connectivity index (χ0n) is 7.13. The van der Waals surface area contributed by atoms with E-state index >= 15 is 0 Å². The van der Waals surface area contributed by atoms with Gasteiger partial charge in [-0.05, 0) is 41.1 Å². The zero-order valence-corrected chi connectivity index (χ0v) is 8.72. The summed E-state index contributed by atoms with van der Waals surface area (Å²) in [6.45, 7) is 2.12. The molecule has 0 fully saturated rings. The summed E-state index contributed by atoms with van der Waals surface area (Å²) in [4.78, 5) is 11.0.